The van der Waals surface area contributed by atoms with E-state index in [9.17, 15) is 4.79 Å². The first-order chi connectivity index (χ1) is 8.56. The third kappa shape index (κ3) is 3.11. The lowest BCUT2D eigenvalue weighted by molar-refractivity contribution is -0.139. The first kappa shape index (κ1) is 13.1. The van der Waals surface area contributed by atoms with E-state index in [-0.39, 0.29) is 12.5 Å². The maximum Gasteiger partial charge on any atom is 0.304 e. The van der Waals surface area contributed by atoms with Gasteiger partial charge in [0.15, 0.2) is 0 Å². The molecule has 0 aliphatic carbocycles. The molecule has 0 spiro atoms. The zero-order valence-electron chi connectivity index (χ0n) is 10.9. The Balaban J connectivity index is 1.99. The molecule has 1 aromatic rings. The lowest BCUT2D eigenvalue weighted by atomic mass is 10.1. The van der Waals surface area contributed by atoms with Crippen LogP contribution >= 0.6 is 0 Å². The van der Waals surface area contributed by atoms with Crippen LogP contribution in [0.3, 0.4) is 0 Å². The Labute approximate surface area is 107 Å². The smallest absolute Gasteiger partial charge is 0.304 e. The molecule has 5 heteroatoms. The maximum absolute atomic E-state index is 10.9. The Morgan fingerprint density at radius 1 is 1.56 bits per heavy atom. The van der Waals surface area contributed by atoms with Crippen molar-refractivity contribution in [2.45, 2.75) is 32.0 Å². The van der Waals surface area contributed by atoms with Crippen molar-refractivity contribution in [3.05, 3.63) is 24.2 Å². The molecule has 100 valence electrons. The van der Waals surface area contributed by atoms with E-state index in [1.54, 1.807) is 6.26 Å². The van der Waals surface area contributed by atoms with Crippen molar-refractivity contribution in [3.63, 3.8) is 0 Å². The number of nitrogens with zero attached hydrogens (tertiary/aromatic N) is 2. The van der Waals surface area contributed by atoms with Crippen molar-refractivity contribution in [1.29, 1.82) is 0 Å². The summed E-state index contributed by atoms with van der Waals surface area (Å²) >= 11 is 0. The van der Waals surface area contributed by atoms with Gasteiger partial charge < -0.3 is 14.4 Å². The van der Waals surface area contributed by atoms with Gasteiger partial charge in [-0.15, -0.1) is 0 Å². The lowest BCUT2D eigenvalue weighted by Gasteiger charge is -2.43. The minimum absolute atomic E-state index is 0.0775. The van der Waals surface area contributed by atoms with Gasteiger partial charge in [-0.05, 0) is 26.1 Å². The first-order valence-corrected chi connectivity index (χ1v) is 6.24. The monoisotopic (exact) mass is 252 g/mol. The van der Waals surface area contributed by atoms with E-state index in [1.165, 1.54) is 0 Å². The van der Waals surface area contributed by atoms with Crippen molar-refractivity contribution in [1.82, 2.24) is 9.80 Å². The van der Waals surface area contributed by atoms with E-state index < -0.39 is 5.97 Å². The van der Waals surface area contributed by atoms with Crippen LogP contribution in [0.1, 0.15) is 19.1 Å². The number of hydrogen-bond acceptors (Lipinski definition) is 4. The molecule has 1 aliphatic rings. The molecule has 5 nitrogen and oxygen atoms in total. The van der Waals surface area contributed by atoms with Crippen molar-refractivity contribution >= 4 is 5.97 Å². The van der Waals surface area contributed by atoms with E-state index >= 15 is 0 Å². The molecule has 2 rings (SSSR count). The van der Waals surface area contributed by atoms with E-state index in [4.69, 9.17) is 9.52 Å². The predicted molar refractivity (Wildman–Crippen MR) is 67.3 cm³/mol. The molecule has 1 fully saturated rings. The van der Waals surface area contributed by atoms with Gasteiger partial charge in [0.2, 0.25) is 0 Å². The number of aliphatic carboxylic acids is 1. The number of likely N-dealkylation sites (N-methyl/N-ethyl adjacent to an activating group) is 1. The molecule has 1 N–H and O–H groups in total. The third-order valence-corrected chi connectivity index (χ3v) is 3.59. The molecule has 1 aromatic heterocycles. The zero-order valence-corrected chi connectivity index (χ0v) is 10.9. The van der Waals surface area contributed by atoms with Gasteiger partial charge in [-0.3, -0.25) is 9.69 Å². The van der Waals surface area contributed by atoms with Crippen molar-refractivity contribution in [2.75, 3.05) is 20.1 Å². The summed E-state index contributed by atoms with van der Waals surface area (Å²) in [6.07, 6.45) is 1.86. The highest BCUT2D eigenvalue weighted by atomic mass is 16.4. The normalized spacial score (nSPS) is 26.3. The van der Waals surface area contributed by atoms with Gasteiger partial charge in [-0.25, -0.2) is 0 Å². The summed E-state index contributed by atoms with van der Waals surface area (Å²) in [5, 5.41) is 8.93. The van der Waals surface area contributed by atoms with E-state index in [1.807, 2.05) is 19.2 Å². The third-order valence-electron chi connectivity index (χ3n) is 3.59. The first-order valence-electron chi connectivity index (χ1n) is 6.24. The molecular weight excluding hydrogens is 232 g/mol. The minimum Gasteiger partial charge on any atom is -0.481 e. The van der Waals surface area contributed by atoms with E-state index in [0.29, 0.717) is 6.04 Å². The highest BCUT2D eigenvalue weighted by molar-refractivity contribution is 5.67. The van der Waals surface area contributed by atoms with Crippen molar-refractivity contribution in [3.8, 4) is 0 Å². The quantitative estimate of drug-likeness (QED) is 0.874. The Morgan fingerprint density at radius 3 is 2.94 bits per heavy atom. The van der Waals surface area contributed by atoms with Gasteiger partial charge in [-0.2, -0.15) is 0 Å². The van der Waals surface area contributed by atoms with Crippen LogP contribution in [0.15, 0.2) is 22.8 Å². The van der Waals surface area contributed by atoms with Gasteiger partial charge in [0, 0.05) is 25.2 Å². The van der Waals surface area contributed by atoms with E-state index in [0.717, 1.165) is 25.4 Å². The Bertz CT molecular complexity index is 391. The summed E-state index contributed by atoms with van der Waals surface area (Å²) in [5.74, 6) is 0.194. The number of carboxylic acid groups (broad SMARTS) is 1. The summed E-state index contributed by atoms with van der Waals surface area (Å²) in [6, 6.07) is 4.32. The molecule has 0 radical (unpaired) electrons. The number of carboxylic acids is 1. The highest BCUT2D eigenvalue weighted by Gasteiger charge is 2.30. The van der Waals surface area contributed by atoms with Crippen LogP contribution in [0, 0.1) is 0 Å². The Hall–Kier alpha value is -1.33. The summed E-state index contributed by atoms with van der Waals surface area (Å²) < 4.78 is 5.36. The molecule has 0 bridgehead atoms. The topological polar surface area (TPSA) is 56.9 Å². The maximum atomic E-state index is 10.9. The van der Waals surface area contributed by atoms with Crippen molar-refractivity contribution < 1.29 is 14.3 Å². The lowest BCUT2D eigenvalue weighted by Crippen LogP contribution is -2.55. The summed E-state index contributed by atoms with van der Waals surface area (Å²) in [7, 11) is 1.99. The molecule has 2 atom stereocenters. The number of hydrogen-bond donors (Lipinski definition) is 1. The fourth-order valence-corrected chi connectivity index (χ4v) is 2.52. The molecule has 2 heterocycles. The van der Waals surface area contributed by atoms with Crippen LogP contribution in [-0.4, -0.2) is 53.1 Å². The van der Waals surface area contributed by atoms with Crippen molar-refractivity contribution in [2.24, 2.45) is 0 Å². The van der Waals surface area contributed by atoms with Crippen LogP contribution < -0.4 is 0 Å². The van der Waals surface area contributed by atoms with Gasteiger partial charge in [0.1, 0.15) is 5.76 Å². The average Bonchev–Trinajstić information content (AvgIpc) is 2.77. The standard InChI is InChI=1S/C13H20N2O3/c1-10-7-14(2)11(6-13(16)17)8-15(10)9-12-4-3-5-18-12/h3-5,10-11H,6-9H2,1-2H3,(H,16,17). The molecule has 18 heavy (non-hydrogen) atoms. The minimum atomic E-state index is -0.737. The molecule has 2 unspecified atom stereocenters. The average molecular weight is 252 g/mol. The van der Waals surface area contributed by atoms with Crippen LogP contribution in [-0.2, 0) is 11.3 Å². The number of rotatable bonds is 4. The SMILES string of the molecule is CC1CN(C)C(CC(=O)O)CN1Cc1ccco1. The predicted octanol–water partition coefficient (Wildman–Crippen LogP) is 1.26. The van der Waals surface area contributed by atoms with Gasteiger partial charge in [-0.1, -0.05) is 0 Å². The van der Waals surface area contributed by atoms with Gasteiger partial charge in [0.25, 0.3) is 0 Å². The number of carbonyl (C=O) groups is 1. The number of piperazine rings is 1. The fourth-order valence-electron chi connectivity index (χ4n) is 2.52. The van der Waals surface area contributed by atoms with Crippen LogP contribution in [0.4, 0.5) is 0 Å². The Kier molecular flexibility index (Phi) is 4.04. The highest BCUT2D eigenvalue weighted by Crippen LogP contribution is 2.18. The molecule has 0 aromatic carbocycles. The van der Waals surface area contributed by atoms with E-state index in [2.05, 4.69) is 16.7 Å². The van der Waals surface area contributed by atoms with Crippen LogP contribution in [0.2, 0.25) is 0 Å². The molecule has 0 amide bonds. The molecular formula is C13H20N2O3. The second kappa shape index (κ2) is 5.54. The van der Waals surface area contributed by atoms with Crippen LogP contribution in [0.5, 0.6) is 0 Å². The molecule has 1 saturated heterocycles. The number of furan rings is 1. The largest absolute Gasteiger partial charge is 0.481 e. The second-order valence-corrected chi connectivity index (χ2v) is 5.05. The zero-order chi connectivity index (χ0) is 13.1. The van der Waals surface area contributed by atoms with Crippen LogP contribution in [0.25, 0.3) is 0 Å². The summed E-state index contributed by atoms with van der Waals surface area (Å²) in [5.41, 5.74) is 0. The van der Waals surface area contributed by atoms with Gasteiger partial charge in [0.05, 0.1) is 19.2 Å². The van der Waals surface area contributed by atoms with Gasteiger partial charge >= 0.3 is 5.97 Å². The second-order valence-electron chi connectivity index (χ2n) is 5.05. The summed E-state index contributed by atoms with van der Waals surface area (Å²) in [4.78, 5) is 15.3. The molecule has 1 aliphatic heterocycles. The Morgan fingerprint density at radius 2 is 2.33 bits per heavy atom. The molecule has 0 saturated carbocycles. The fraction of sp³-hybridized carbons (Fsp3) is 0.615. The summed E-state index contributed by atoms with van der Waals surface area (Å²) in [6.45, 7) is 4.57.